The first-order chi connectivity index (χ1) is 13.9. The summed E-state index contributed by atoms with van der Waals surface area (Å²) in [5, 5.41) is 12.5. The van der Waals surface area contributed by atoms with Crippen LogP contribution in [0.5, 0.6) is 5.75 Å². The third-order valence-electron chi connectivity index (χ3n) is 6.37. The molecule has 0 saturated carbocycles. The molecular weight excluding hydrogens is 360 g/mol. The molecular formula is C25H32N2O2. The number of aromatic nitrogens is 1. The summed E-state index contributed by atoms with van der Waals surface area (Å²) in [6.07, 6.45) is 4.74. The Hall–Kier alpha value is -2.30. The molecule has 1 saturated heterocycles. The molecule has 154 valence electrons. The third kappa shape index (κ3) is 4.49. The molecule has 1 aromatic heterocycles. The number of fused-ring (bicyclic) bond motifs is 1. The van der Waals surface area contributed by atoms with Gasteiger partial charge in [-0.15, -0.1) is 0 Å². The smallest absolute Gasteiger partial charge is 0.119 e. The lowest BCUT2D eigenvalue weighted by molar-refractivity contribution is -0.0168. The fourth-order valence-electron chi connectivity index (χ4n) is 4.35. The van der Waals surface area contributed by atoms with Crippen molar-refractivity contribution in [3.63, 3.8) is 0 Å². The minimum Gasteiger partial charge on any atom is -0.491 e. The molecule has 29 heavy (non-hydrogen) atoms. The van der Waals surface area contributed by atoms with Gasteiger partial charge in [0.15, 0.2) is 0 Å². The molecule has 0 spiro atoms. The Bertz CT molecular complexity index is 994. The first-order valence-electron chi connectivity index (χ1n) is 10.6. The molecule has 2 heterocycles. The number of aliphatic hydroxyl groups is 1. The van der Waals surface area contributed by atoms with E-state index in [0.29, 0.717) is 6.61 Å². The summed E-state index contributed by atoms with van der Waals surface area (Å²) < 4.78 is 8.19. The van der Waals surface area contributed by atoms with Gasteiger partial charge < -0.3 is 14.4 Å². The summed E-state index contributed by atoms with van der Waals surface area (Å²) in [6.45, 7) is 7.37. The molecule has 3 aromatic rings. The number of benzene rings is 2. The lowest BCUT2D eigenvalue weighted by Crippen LogP contribution is -2.37. The van der Waals surface area contributed by atoms with Crippen LogP contribution in [0.3, 0.4) is 0 Å². The molecule has 4 rings (SSSR count). The zero-order valence-electron chi connectivity index (χ0n) is 17.8. The van der Waals surface area contributed by atoms with Crippen molar-refractivity contribution in [3.05, 3.63) is 65.4 Å². The van der Waals surface area contributed by atoms with Gasteiger partial charge in [-0.2, -0.15) is 0 Å². The molecule has 4 nitrogen and oxygen atoms in total. The van der Waals surface area contributed by atoms with Crippen LogP contribution in [0.4, 0.5) is 0 Å². The molecule has 1 aliphatic heterocycles. The minimum absolute atomic E-state index is 0.359. The van der Waals surface area contributed by atoms with Crippen LogP contribution >= 0.6 is 0 Å². The predicted octanol–water partition coefficient (Wildman–Crippen LogP) is 4.59. The van der Waals surface area contributed by atoms with Crippen molar-refractivity contribution in [2.45, 2.75) is 45.3 Å². The predicted molar refractivity (Wildman–Crippen MR) is 118 cm³/mol. The molecule has 1 atom stereocenters. The molecule has 1 fully saturated rings. The lowest BCUT2D eigenvalue weighted by Gasteiger charge is -2.27. The van der Waals surface area contributed by atoms with Crippen molar-refractivity contribution in [1.82, 2.24) is 9.47 Å². The van der Waals surface area contributed by atoms with Crippen molar-refractivity contribution in [2.75, 3.05) is 19.7 Å². The van der Waals surface area contributed by atoms with Crippen LogP contribution in [0.25, 0.3) is 10.9 Å². The molecule has 2 aromatic carbocycles. The average Bonchev–Trinajstić information content (AvgIpc) is 2.90. The first kappa shape index (κ1) is 20.0. The van der Waals surface area contributed by atoms with E-state index in [1.54, 1.807) is 0 Å². The fourth-order valence-corrected chi connectivity index (χ4v) is 4.35. The van der Waals surface area contributed by atoms with Gasteiger partial charge in [-0.3, -0.25) is 4.90 Å². The topological polar surface area (TPSA) is 37.6 Å². The van der Waals surface area contributed by atoms with Crippen molar-refractivity contribution >= 4 is 10.9 Å². The molecule has 0 amide bonds. The second kappa shape index (κ2) is 8.21. The largest absolute Gasteiger partial charge is 0.491 e. The summed E-state index contributed by atoms with van der Waals surface area (Å²) >= 11 is 0. The summed E-state index contributed by atoms with van der Waals surface area (Å²) in [5.41, 5.74) is 4.36. The monoisotopic (exact) mass is 392 g/mol. The summed E-state index contributed by atoms with van der Waals surface area (Å²) in [6, 6.07) is 14.7. The number of nitrogens with zero attached hydrogens (tertiary/aromatic N) is 2. The van der Waals surface area contributed by atoms with Crippen LogP contribution in [-0.4, -0.2) is 39.9 Å². The second-order valence-electron chi connectivity index (χ2n) is 8.67. The van der Waals surface area contributed by atoms with E-state index in [0.717, 1.165) is 44.6 Å². The van der Waals surface area contributed by atoms with Gasteiger partial charge in [0.05, 0.1) is 5.60 Å². The molecule has 0 radical (unpaired) electrons. The maximum Gasteiger partial charge on any atom is 0.119 e. The van der Waals surface area contributed by atoms with Gasteiger partial charge in [-0.25, -0.2) is 0 Å². The molecule has 1 N–H and O–H groups in total. The number of ether oxygens (including phenoxy) is 1. The zero-order valence-corrected chi connectivity index (χ0v) is 17.8. The van der Waals surface area contributed by atoms with Crippen molar-refractivity contribution in [1.29, 1.82) is 0 Å². The zero-order chi connectivity index (χ0) is 20.4. The van der Waals surface area contributed by atoms with Crippen LogP contribution in [0, 0.1) is 13.8 Å². The molecule has 4 heteroatoms. The van der Waals surface area contributed by atoms with Crippen LogP contribution in [-0.2, 0) is 13.6 Å². The molecule has 0 bridgehead atoms. The molecule has 0 aliphatic carbocycles. The van der Waals surface area contributed by atoms with E-state index in [9.17, 15) is 5.11 Å². The maximum absolute atomic E-state index is 11.1. The highest BCUT2D eigenvalue weighted by Gasteiger charge is 2.31. The van der Waals surface area contributed by atoms with E-state index in [1.807, 2.05) is 6.07 Å². The fraction of sp³-hybridized carbons (Fsp3) is 0.440. The van der Waals surface area contributed by atoms with Crippen LogP contribution in [0.15, 0.2) is 48.7 Å². The van der Waals surface area contributed by atoms with E-state index < -0.39 is 5.60 Å². The summed E-state index contributed by atoms with van der Waals surface area (Å²) in [4.78, 5) is 2.47. The number of hydrogen-bond acceptors (Lipinski definition) is 3. The highest BCUT2D eigenvalue weighted by atomic mass is 16.5. The molecule has 1 unspecified atom stereocenters. The molecule has 1 aliphatic rings. The van der Waals surface area contributed by atoms with Gasteiger partial charge in [0.1, 0.15) is 12.4 Å². The van der Waals surface area contributed by atoms with E-state index in [4.69, 9.17) is 4.74 Å². The first-order valence-corrected chi connectivity index (χ1v) is 10.6. The third-order valence-corrected chi connectivity index (χ3v) is 6.37. The second-order valence-corrected chi connectivity index (χ2v) is 8.67. The van der Waals surface area contributed by atoms with Gasteiger partial charge in [0.2, 0.25) is 0 Å². The van der Waals surface area contributed by atoms with Crippen LogP contribution < -0.4 is 4.74 Å². The van der Waals surface area contributed by atoms with Crippen molar-refractivity contribution in [3.8, 4) is 5.75 Å². The van der Waals surface area contributed by atoms with E-state index in [1.165, 1.54) is 27.6 Å². The van der Waals surface area contributed by atoms with Crippen molar-refractivity contribution in [2.24, 2.45) is 7.05 Å². The standard InChI is InChI=1S/C25H32N2O2/c1-19-9-10-22(15-20(19)2)29-18-25(28)11-6-13-27(14-12-25)17-21-16-26(3)24-8-5-4-7-23(21)24/h4-5,7-10,15-16,28H,6,11-14,17-18H2,1-3H3. The average molecular weight is 393 g/mol. The van der Waals surface area contributed by atoms with Crippen LogP contribution in [0.1, 0.15) is 36.0 Å². The highest BCUT2D eigenvalue weighted by Crippen LogP contribution is 2.27. The van der Waals surface area contributed by atoms with Gasteiger partial charge in [-0.05, 0) is 74.5 Å². The Morgan fingerprint density at radius 1 is 1.03 bits per heavy atom. The number of para-hydroxylation sites is 1. The normalized spacial score (nSPS) is 20.7. The van der Waals surface area contributed by atoms with E-state index in [2.05, 4.69) is 73.0 Å². The Morgan fingerprint density at radius 3 is 2.69 bits per heavy atom. The SMILES string of the molecule is Cc1ccc(OCC2(O)CCCN(Cc3cn(C)c4ccccc34)CC2)cc1C. The van der Waals surface area contributed by atoms with Crippen LogP contribution in [0.2, 0.25) is 0 Å². The lowest BCUT2D eigenvalue weighted by atomic mass is 9.96. The Balaban J connectivity index is 1.38. The number of rotatable bonds is 5. The van der Waals surface area contributed by atoms with Gasteiger partial charge in [0.25, 0.3) is 0 Å². The maximum atomic E-state index is 11.1. The number of likely N-dealkylation sites (tertiary alicyclic amines) is 1. The Kier molecular flexibility index (Phi) is 5.66. The minimum atomic E-state index is -0.758. The quantitative estimate of drug-likeness (QED) is 0.690. The summed E-state index contributed by atoms with van der Waals surface area (Å²) in [5.74, 6) is 0.846. The van der Waals surface area contributed by atoms with Gasteiger partial charge in [0, 0.05) is 37.2 Å². The van der Waals surface area contributed by atoms with E-state index >= 15 is 0 Å². The highest BCUT2D eigenvalue weighted by molar-refractivity contribution is 5.83. The van der Waals surface area contributed by atoms with E-state index in [-0.39, 0.29) is 0 Å². The van der Waals surface area contributed by atoms with Gasteiger partial charge in [-0.1, -0.05) is 24.3 Å². The summed E-state index contributed by atoms with van der Waals surface area (Å²) in [7, 11) is 2.11. The number of hydrogen-bond donors (Lipinski definition) is 1. The van der Waals surface area contributed by atoms with Crippen molar-refractivity contribution < 1.29 is 9.84 Å². The number of aryl methyl sites for hydroxylation is 3. The Morgan fingerprint density at radius 2 is 1.86 bits per heavy atom. The van der Waals surface area contributed by atoms with Gasteiger partial charge >= 0.3 is 0 Å². The Labute approximate surface area is 173 Å².